The fourth-order valence-electron chi connectivity index (χ4n) is 3.27. The fraction of sp³-hybridized carbons (Fsp3) is 0.778. The van der Waals surface area contributed by atoms with Gasteiger partial charge in [0.15, 0.2) is 5.96 Å². The number of likely N-dealkylation sites (tertiary alicyclic amines) is 1. The number of hydrogen-bond acceptors (Lipinski definition) is 4. The van der Waals surface area contributed by atoms with Gasteiger partial charge in [-0.3, -0.25) is 9.89 Å². The molecular formula is C18H34IN5S. The number of nitrogens with one attached hydrogen (secondary N) is 1. The fourth-order valence-corrected chi connectivity index (χ4v) is 3.88. The summed E-state index contributed by atoms with van der Waals surface area (Å²) in [6.07, 6.45) is 2.57. The van der Waals surface area contributed by atoms with Crippen molar-refractivity contribution in [2.24, 2.45) is 10.9 Å². The number of aryl methyl sites for hydroxylation is 1. The number of hydrogen-bond donors (Lipinski definition) is 1. The van der Waals surface area contributed by atoms with Crippen molar-refractivity contribution in [3.8, 4) is 0 Å². The summed E-state index contributed by atoms with van der Waals surface area (Å²) in [6, 6.07) is 0.593. The summed E-state index contributed by atoms with van der Waals surface area (Å²) in [6.45, 7) is 13.8. The minimum absolute atomic E-state index is 0. The molecule has 0 bridgehead atoms. The Balaban J connectivity index is 0.00000312. The highest BCUT2D eigenvalue weighted by Gasteiger charge is 2.24. The van der Waals surface area contributed by atoms with E-state index in [0.29, 0.717) is 6.04 Å². The van der Waals surface area contributed by atoms with Crippen molar-refractivity contribution in [3.05, 3.63) is 16.1 Å². The monoisotopic (exact) mass is 479 g/mol. The molecule has 1 aromatic rings. The summed E-state index contributed by atoms with van der Waals surface area (Å²) >= 11 is 1.71. The zero-order chi connectivity index (χ0) is 17.5. The van der Waals surface area contributed by atoms with E-state index in [2.05, 4.69) is 60.2 Å². The van der Waals surface area contributed by atoms with E-state index < -0.39 is 0 Å². The molecule has 1 saturated heterocycles. The van der Waals surface area contributed by atoms with Gasteiger partial charge in [-0.2, -0.15) is 0 Å². The Morgan fingerprint density at radius 2 is 2.28 bits per heavy atom. The van der Waals surface area contributed by atoms with Gasteiger partial charge in [0.2, 0.25) is 0 Å². The lowest BCUT2D eigenvalue weighted by Gasteiger charge is -2.26. The minimum Gasteiger partial charge on any atom is -0.357 e. The van der Waals surface area contributed by atoms with E-state index >= 15 is 0 Å². The molecule has 0 aromatic carbocycles. The van der Waals surface area contributed by atoms with Crippen LogP contribution in [0.15, 0.2) is 10.4 Å². The molecule has 0 saturated carbocycles. The number of aromatic nitrogens is 1. The minimum atomic E-state index is 0. The molecule has 7 heteroatoms. The van der Waals surface area contributed by atoms with Crippen molar-refractivity contribution in [2.45, 2.75) is 53.1 Å². The number of rotatable bonds is 7. The van der Waals surface area contributed by atoms with E-state index in [1.165, 1.54) is 25.9 Å². The molecule has 1 atom stereocenters. The van der Waals surface area contributed by atoms with E-state index in [1.54, 1.807) is 11.3 Å². The number of nitrogens with zero attached hydrogens (tertiary/aromatic N) is 4. The van der Waals surface area contributed by atoms with Crippen LogP contribution < -0.4 is 5.32 Å². The number of aliphatic imine (C=N–C) groups is 1. The SMILES string of the molecule is CCNC(=NC[C@H]1CCCN1CC(C)C)N(C)Cc1csc(C)n1.I. The van der Waals surface area contributed by atoms with Gasteiger partial charge in [-0.1, -0.05) is 13.8 Å². The quantitative estimate of drug-likeness (QED) is 0.369. The Morgan fingerprint density at radius 1 is 1.52 bits per heavy atom. The third-order valence-electron chi connectivity index (χ3n) is 4.31. The van der Waals surface area contributed by atoms with Crippen molar-refractivity contribution >= 4 is 41.3 Å². The van der Waals surface area contributed by atoms with E-state index in [0.717, 1.165) is 42.2 Å². The van der Waals surface area contributed by atoms with Crippen LogP contribution in [-0.2, 0) is 6.54 Å². The van der Waals surface area contributed by atoms with Crippen molar-refractivity contribution < 1.29 is 0 Å². The van der Waals surface area contributed by atoms with Gasteiger partial charge >= 0.3 is 0 Å². The van der Waals surface area contributed by atoms with Gasteiger partial charge in [-0.25, -0.2) is 4.98 Å². The van der Waals surface area contributed by atoms with Gasteiger partial charge in [0, 0.05) is 31.6 Å². The molecule has 1 fully saturated rings. The second-order valence-corrected chi connectivity index (χ2v) is 8.16. The van der Waals surface area contributed by atoms with Gasteiger partial charge in [0.1, 0.15) is 0 Å². The first-order chi connectivity index (χ1) is 11.5. The predicted octanol–water partition coefficient (Wildman–Crippen LogP) is 3.59. The molecule has 5 nitrogen and oxygen atoms in total. The Labute approximate surface area is 174 Å². The molecule has 1 aliphatic heterocycles. The lowest BCUT2D eigenvalue weighted by molar-refractivity contribution is 0.230. The molecule has 25 heavy (non-hydrogen) atoms. The van der Waals surface area contributed by atoms with Crippen molar-refractivity contribution in [3.63, 3.8) is 0 Å². The summed E-state index contributed by atoms with van der Waals surface area (Å²) in [5.41, 5.74) is 1.12. The molecule has 2 heterocycles. The van der Waals surface area contributed by atoms with Crippen LogP contribution in [0.4, 0.5) is 0 Å². The normalized spacial score (nSPS) is 18.5. The lowest BCUT2D eigenvalue weighted by Crippen LogP contribution is -2.40. The zero-order valence-corrected chi connectivity index (χ0v) is 19.4. The third-order valence-corrected chi connectivity index (χ3v) is 5.14. The first-order valence-corrected chi connectivity index (χ1v) is 10.0. The predicted molar refractivity (Wildman–Crippen MR) is 119 cm³/mol. The highest BCUT2D eigenvalue weighted by atomic mass is 127. The van der Waals surface area contributed by atoms with Crippen LogP contribution in [0, 0.1) is 12.8 Å². The molecule has 0 radical (unpaired) electrons. The van der Waals surface area contributed by atoms with Crippen LogP contribution in [0.25, 0.3) is 0 Å². The van der Waals surface area contributed by atoms with Crippen LogP contribution in [0.3, 0.4) is 0 Å². The smallest absolute Gasteiger partial charge is 0.194 e. The average Bonchev–Trinajstić information content (AvgIpc) is 3.12. The Morgan fingerprint density at radius 3 is 2.88 bits per heavy atom. The summed E-state index contributed by atoms with van der Waals surface area (Å²) < 4.78 is 0. The maximum atomic E-state index is 4.92. The standard InChI is InChI=1S/C18H33N5S.HI/c1-6-19-18(22(5)12-16-13-24-15(4)21-16)20-10-17-8-7-9-23(17)11-14(2)3;/h13-14,17H,6-12H2,1-5H3,(H,19,20);1H/t17-;/m1./s1. The maximum Gasteiger partial charge on any atom is 0.194 e. The van der Waals surface area contributed by atoms with Crippen molar-refractivity contribution in [1.29, 1.82) is 0 Å². The first-order valence-electron chi connectivity index (χ1n) is 9.14. The largest absolute Gasteiger partial charge is 0.357 e. The van der Waals surface area contributed by atoms with Gasteiger partial charge in [0.25, 0.3) is 0 Å². The van der Waals surface area contributed by atoms with Gasteiger partial charge < -0.3 is 10.2 Å². The molecule has 0 unspecified atom stereocenters. The second kappa shape index (κ2) is 11.3. The molecule has 1 N–H and O–H groups in total. The zero-order valence-electron chi connectivity index (χ0n) is 16.3. The van der Waals surface area contributed by atoms with Crippen molar-refractivity contribution in [1.82, 2.24) is 20.1 Å². The Bertz CT molecular complexity index is 531. The van der Waals surface area contributed by atoms with Gasteiger partial charge in [-0.05, 0) is 39.2 Å². The lowest BCUT2D eigenvalue weighted by atomic mass is 10.2. The summed E-state index contributed by atoms with van der Waals surface area (Å²) in [5, 5.41) is 6.68. The van der Waals surface area contributed by atoms with E-state index in [9.17, 15) is 0 Å². The van der Waals surface area contributed by atoms with Crippen LogP contribution in [0.2, 0.25) is 0 Å². The Kier molecular flexibility index (Phi) is 10.3. The average molecular weight is 479 g/mol. The molecule has 144 valence electrons. The summed E-state index contributed by atoms with van der Waals surface area (Å²) in [4.78, 5) is 14.3. The number of guanidine groups is 1. The van der Waals surface area contributed by atoms with E-state index in [1.807, 2.05) is 0 Å². The first kappa shape index (κ1) is 22.6. The molecule has 0 aliphatic carbocycles. The van der Waals surface area contributed by atoms with Crippen molar-refractivity contribution in [2.75, 3.05) is 33.2 Å². The van der Waals surface area contributed by atoms with E-state index in [4.69, 9.17) is 4.99 Å². The molecular weight excluding hydrogens is 445 g/mol. The summed E-state index contributed by atoms with van der Waals surface area (Å²) in [5.74, 6) is 1.71. The number of thiazole rings is 1. The molecule has 1 aromatic heterocycles. The van der Waals surface area contributed by atoms with Crippen LogP contribution in [-0.4, -0.2) is 60.0 Å². The van der Waals surface area contributed by atoms with Crippen LogP contribution in [0.5, 0.6) is 0 Å². The topological polar surface area (TPSA) is 43.8 Å². The number of halogens is 1. The molecule has 2 rings (SSSR count). The van der Waals surface area contributed by atoms with Crippen LogP contribution in [0.1, 0.15) is 44.3 Å². The third kappa shape index (κ3) is 7.38. The molecule has 1 aliphatic rings. The summed E-state index contributed by atoms with van der Waals surface area (Å²) in [7, 11) is 2.09. The highest BCUT2D eigenvalue weighted by molar-refractivity contribution is 14.0. The second-order valence-electron chi connectivity index (χ2n) is 7.09. The molecule has 0 amide bonds. The van der Waals surface area contributed by atoms with E-state index in [-0.39, 0.29) is 24.0 Å². The van der Waals surface area contributed by atoms with Gasteiger partial charge in [0.05, 0.1) is 23.8 Å². The maximum absolute atomic E-state index is 4.92. The highest BCUT2D eigenvalue weighted by Crippen LogP contribution is 2.19. The van der Waals surface area contributed by atoms with Crippen LogP contribution >= 0.6 is 35.3 Å². The molecule has 0 spiro atoms. The van der Waals surface area contributed by atoms with Gasteiger partial charge in [-0.15, -0.1) is 35.3 Å². The Hall–Kier alpha value is -0.410.